The Bertz CT molecular complexity index is 976. The second-order valence-corrected chi connectivity index (χ2v) is 8.02. The van der Waals surface area contributed by atoms with Gasteiger partial charge in [-0.15, -0.1) is 0 Å². The summed E-state index contributed by atoms with van der Waals surface area (Å²) < 4.78 is 38.2. The van der Waals surface area contributed by atoms with Crippen LogP contribution in [-0.2, 0) is 16.4 Å². The topological polar surface area (TPSA) is 111 Å². The highest BCUT2D eigenvalue weighted by Gasteiger charge is 2.23. The van der Waals surface area contributed by atoms with E-state index in [9.17, 15) is 8.42 Å². The number of hydrogen-bond acceptors (Lipinski definition) is 7. The van der Waals surface area contributed by atoms with Crippen molar-refractivity contribution < 1.29 is 17.5 Å². The van der Waals surface area contributed by atoms with Crippen molar-refractivity contribution >= 4 is 10.0 Å². The molecule has 1 saturated carbocycles. The lowest BCUT2D eigenvalue weighted by Gasteiger charge is -2.12. The molecule has 136 valence electrons. The zero-order valence-electron chi connectivity index (χ0n) is 14.0. The maximum atomic E-state index is 12.6. The SMILES string of the molecule is O=S(=O)(NC1CCCC1)c1cccc(-c2nc(Cc3ccno3)no2)c1. The summed E-state index contributed by atoms with van der Waals surface area (Å²) in [4.78, 5) is 4.49. The molecule has 8 nitrogen and oxygen atoms in total. The van der Waals surface area contributed by atoms with Crippen LogP contribution < -0.4 is 4.72 Å². The van der Waals surface area contributed by atoms with E-state index in [2.05, 4.69) is 20.0 Å². The minimum absolute atomic E-state index is 0.0144. The van der Waals surface area contributed by atoms with Crippen LogP contribution in [0.5, 0.6) is 0 Å². The third kappa shape index (κ3) is 3.68. The van der Waals surface area contributed by atoms with Gasteiger partial charge in [0.05, 0.1) is 17.5 Å². The molecule has 2 aromatic heterocycles. The fourth-order valence-electron chi connectivity index (χ4n) is 3.06. The molecule has 0 spiro atoms. The Labute approximate surface area is 150 Å². The van der Waals surface area contributed by atoms with E-state index in [-0.39, 0.29) is 16.8 Å². The summed E-state index contributed by atoms with van der Waals surface area (Å²) in [5, 5.41) is 7.53. The molecule has 0 saturated heterocycles. The van der Waals surface area contributed by atoms with Crippen LogP contribution in [0.2, 0.25) is 0 Å². The summed E-state index contributed by atoms with van der Waals surface area (Å²) in [6.45, 7) is 0. The average Bonchev–Trinajstić information content (AvgIpc) is 3.38. The predicted octanol–water partition coefficient (Wildman–Crippen LogP) is 2.54. The van der Waals surface area contributed by atoms with E-state index in [4.69, 9.17) is 9.05 Å². The van der Waals surface area contributed by atoms with Gasteiger partial charge >= 0.3 is 0 Å². The summed E-state index contributed by atoms with van der Waals surface area (Å²) in [5.41, 5.74) is 0.551. The highest BCUT2D eigenvalue weighted by molar-refractivity contribution is 7.89. The van der Waals surface area contributed by atoms with Gasteiger partial charge in [0.2, 0.25) is 10.0 Å². The average molecular weight is 374 g/mol. The molecule has 0 atom stereocenters. The van der Waals surface area contributed by atoms with Crippen LogP contribution in [0.1, 0.15) is 37.3 Å². The van der Waals surface area contributed by atoms with Gasteiger partial charge in [0.1, 0.15) is 5.76 Å². The Balaban J connectivity index is 1.54. The molecule has 0 aliphatic heterocycles. The minimum atomic E-state index is -3.57. The van der Waals surface area contributed by atoms with Gasteiger partial charge < -0.3 is 9.05 Å². The molecule has 1 N–H and O–H groups in total. The first-order valence-electron chi connectivity index (χ1n) is 8.45. The van der Waals surface area contributed by atoms with Gasteiger partial charge in [-0.05, 0) is 31.0 Å². The van der Waals surface area contributed by atoms with Crippen molar-refractivity contribution in [3.8, 4) is 11.5 Å². The van der Waals surface area contributed by atoms with Gasteiger partial charge in [-0.1, -0.05) is 29.2 Å². The van der Waals surface area contributed by atoms with Gasteiger partial charge in [-0.3, -0.25) is 0 Å². The molecule has 1 aromatic carbocycles. The van der Waals surface area contributed by atoms with Crippen molar-refractivity contribution in [1.29, 1.82) is 0 Å². The number of sulfonamides is 1. The fraction of sp³-hybridized carbons (Fsp3) is 0.353. The second-order valence-electron chi connectivity index (χ2n) is 6.30. The van der Waals surface area contributed by atoms with Crippen LogP contribution in [0.25, 0.3) is 11.5 Å². The van der Waals surface area contributed by atoms with Crippen LogP contribution in [0, 0.1) is 0 Å². The molecular weight excluding hydrogens is 356 g/mol. The number of benzene rings is 1. The first-order valence-corrected chi connectivity index (χ1v) is 9.93. The Kier molecular flexibility index (Phi) is 4.56. The molecule has 0 amide bonds. The number of rotatable bonds is 6. The lowest BCUT2D eigenvalue weighted by molar-refractivity contribution is 0.382. The van der Waals surface area contributed by atoms with Crippen LogP contribution in [0.3, 0.4) is 0 Å². The molecule has 0 unspecified atom stereocenters. The molecule has 1 aliphatic carbocycles. The lowest BCUT2D eigenvalue weighted by atomic mass is 10.2. The Hall–Kier alpha value is -2.52. The summed E-state index contributed by atoms with van der Waals surface area (Å²) in [5.74, 6) is 1.32. The van der Waals surface area contributed by atoms with E-state index in [1.807, 2.05) is 0 Å². The zero-order chi connectivity index (χ0) is 18.0. The molecule has 1 fully saturated rings. The fourth-order valence-corrected chi connectivity index (χ4v) is 4.41. The highest BCUT2D eigenvalue weighted by atomic mass is 32.2. The molecule has 2 heterocycles. The zero-order valence-corrected chi connectivity index (χ0v) is 14.8. The van der Waals surface area contributed by atoms with Gasteiger partial charge in [0.15, 0.2) is 5.82 Å². The first-order chi connectivity index (χ1) is 12.6. The van der Waals surface area contributed by atoms with Crippen molar-refractivity contribution in [1.82, 2.24) is 20.0 Å². The third-order valence-corrected chi connectivity index (χ3v) is 5.88. The van der Waals surface area contributed by atoms with E-state index in [0.29, 0.717) is 23.6 Å². The van der Waals surface area contributed by atoms with Crippen LogP contribution in [-0.4, -0.2) is 29.8 Å². The summed E-state index contributed by atoms with van der Waals surface area (Å²) in [7, 11) is -3.57. The van der Waals surface area contributed by atoms with Crippen LogP contribution >= 0.6 is 0 Å². The van der Waals surface area contributed by atoms with Crippen molar-refractivity contribution in [2.75, 3.05) is 0 Å². The van der Waals surface area contributed by atoms with E-state index >= 15 is 0 Å². The molecule has 3 aromatic rings. The van der Waals surface area contributed by atoms with Gasteiger partial charge in [0.25, 0.3) is 5.89 Å². The van der Waals surface area contributed by atoms with E-state index in [0.717, 1.165) is 25.7 Å². The van der Waals surface area contributed by atoms with Crippen molar-refractivity contribution in [2.45, 2.75) is 43.0 Å². The monoisotopic (exact) mass is 374 g/mol. The quantitative estimate of drug-likeness (QED) is 0.705. The molecule has 0 radical (unpaired) electrons. The molecule has 26 heavy (non-hydrogen) atoms. The van der Waals surface area contributed by atoms with Gasteiger partial charge in [-0.25, -0.2) is 13.1 Å². The Morgan fingerprint density at radius 3 is 2.77 bits per heavy atom. The van der Waals surface area contributed by atoms with E-state index < -0.39 is 10.0 Å². The predicted molar refractivity (Wildman–Crippen MR) is 91.6 cm³/mol. The summed E-state index contributed by atoms with van der Waals surface area (Å²) in [6.07, 6.45) is 5.78. The highest BCUT2D eigenvalue weighted by Crippen LogP contribution is 2.24. The van der Waals surface area contributed by atoms with E-state index in [1.54, 1.807) is 36.5 Å². The Morgan fingerprint density at radius 1 is 1.15 bits per heavy atom. The maximum absolute atomic E-state index is 12.6. The molecular formula is C17H18N4O4S. The molecule has 0 bridgehead atoms. The van der Waals surface area contributed by atoms with Crippen molar-refractivity contribution in [2.24, 2.45) is 0 Å². The van der Waals surface area contributed by atoms with Crippen LogP contribution in [0.4, 0.5) is 0 Å². The number of aromatic nitrogens is 3. The lowest BCUT2D eigenvalue weighted by Crippen LogP contribution is -2.32. The summed E-state index contributed by atoms with van der Waals surface area (Å²) in [6, 6.07) is 8.24. The number of hydrogen-bond donors (Lipinski definition) is 1. The Morgan fingerprint density at radius 2 is 2.00 bits per heavy atom. The maximum Gasteiger partial charge on any atom is 0.257 e. The first kappa shape index (κ1) is 16.9. The van der Waals surface area contributed by atoms with Crippen molar-refractivity contribution in [3.63, 3.8) is 0 Å². The third-order valence-electron chi connectivity index (χ3n) is 4.36. The number of nitrogens with one attached hydrogen (secondary N) is 1. The molecule has 1 aliphatic rings. The minimum Gasteiger partial charge on any atom is -0.361 e. The largest absolute Gasteiger partial charge is 0.361 e. The normalized spacial score (nSPS) is 15.5. The van der Waals surface area contributed by atoms with Crippen LogP contribution in [0.15, 0.2) is 50.5 Å². The molecule has 9 heteroatoms. The van der Waals surface area contributed by atoms with Gasteiger partial charge in [-0.2, -0.15) is 4.98 Å². The summed E-state index contributed by atoms with van der Waals surface area (Å²) >= 11 is 0. The molecule has 4 rings (SSSR count). The number of nitrogens with zero attached hydrogens (tertiary/aromatic N) is 3. The second kappa shape index (κ2) is 7.00. The van der Waals surface area contributed by atoms with Gasteiger partial charge in [0, 0.05) is 17.7 Å². The van der Waals surface area contributed by atoms with Crippen molar-refractivity contribution in [3.05, 3.63) is 48.1 Å². The standard InChI is InChI=1S/C17H18N4O4S/c22-26(23,21-13-5-1-2-6-13)15-7-3-4-12(10-15)17-19-16(20-25-17)11-14-8-9-18-24-14/h3-4,7-10,13,21H,1-2,5-6,11H2. The van der Waals surface area contributed by atoms with E-state index in [1.165, 1.54) is 0 Å². The smallest absolute Gasteiger partial charge is 0.257 e.